The van der Waals surface area contributed by atoms with E-state index in [0.717, 1.165) is 11.1 Å². The third kappa shape index (κ3) is 6.62. The molecule has 3 aromatic rings. The van der Waals surface area contributed by atoms with Gasteiger partial charge in [0, 0.05) is 10.2 Å². The van der Waals surface area contributed by atoms with Crippen molar-refractivity contribution in [1.82, 2.24) is 14.9 Å². The summed E-state index contributed by atoms with van der Waals surface area (Å²) < 4.78 is 25.8. The molecule has 0 spiro atoms. The summed E-state index contributed by atoms with van der Waals surface area (Å²) in [7, 11) is 0. The Morgan fingerprint density at radius 3 is 2.74 bits per heavy atom. The molecule has 2 aromatic carbocycles. The number of hydrogen-bond donors (Lipinski definition) is 1. The molecule has 2 heterocycles. The Balaban J connectivity index is 1.49. The van der Waals surface area contributed by atoms with E-state index in [1.54, 1.807) is 31.2 Å². The van der Waals surface area contributed by atoms with Gasteiger partial charge in [-0.1, -0.05) is 17.7 Å². The van der Waals surface area contributed by atoms with Gasteiger partial charge < -0.3 is 14.8 Å². The number of hydrogen-bond acceptors (Lipinski definition) is 8. The molecule has 196 valence electrons. The van der Waals surface area contributed by atoms with Crippen LogP contribution in [0.2, 0.25) is 10.3 Å². The fraction of sp³-hybridized carbons (Fsp3) is 0.125. The number of carbonyl (C=O) groups excluding carboxylic acids is 3. The first kappa shape index (κ1) is 27.8. The molecule has 0 saturated carbocycles. The maximum atomic E-state index is 14.0. The normalized spacial score (nSPS) is 14.2. The van der Waals surface area contributed by atoms with Crippen LogP contribution in [0.15, 0.2) is 52.0 Å². The minimum absolute atomic E-state index is 0.110. The van der Waals surface area contributed by atoms with Gasteiger partial charge in [0.2, 0.25) is 17.0 Å². The Kier molecular flexibility index (Phi) is 8.87. The SMILES string of the molecule is CCOc1cc(/C=C2/SC(=O)N(CC(=O)Nc3ccc(Br)c(Cl)c3)C2=O)ccc1Oc1nc(Cl)ncc1F. The number of aromatic nitrogens is 2. The van der Waals surface area contributed by atoms with Crippen molar-refractivity contribution < 1.29 is 28.2 Å². The van der Waals surface area contributed by atoms with Crippen LogP contribution in [-0.2, 0) is 9.59 Å². The van der Waals surface area contributed by atoms with E-state index in [1.807, 2.05) is 0 Å². The molecular weight excluding hydrogens is 626 g/mol. The van der Waals surface area contributed by atoms with E-state index in [0.29, 0.717) is 32.5 Å². The number of imide groups is 1. The van der Waals surface area contributed by atoms with E-state index >= 15 is 0 Å². The van der Waals surface area contributed by atoms with Crippen molar-refractivity contribution in [3.63, 3.8) is 0 Å². The van der Waals surface area contributed by atoms with Crippen LogP contribution in [-0.4, -0.2) is 45.1 Å². The monoisotopic (exact) mass is 640 g/mol. The number of halogens is 4. The second kappa shape index (κ2) is 12.1. The van der Waals surface area contributed by atoms with Gasteiger partial charge in [-0.05, 0) is 88.2 Å². The summed E-state index contributed by atoms with van der Waals surface area (Å²) >= 11 is 15.7. The summed E-state index contributed by atoms with van der Waals surface area (Å²) in [5, 5.41) is 2.21. The Morgan fingerprint density at radius 2 is 2.00 bits per heavy atom. The first-order valence-electron chi connectivity index (χ1n) is 10.8. The second-order valence-corrected chi connectivity index (χ2v) is 10.1. The Hall–Kier alpha value is -3.19. The molecule has 38 heavy (non-hydrogen) atoms. The van der Waals surface area contributed by atoms with Crippen molar-refractivity contribution in [2.45, 2.75) is 6.92 Å². The predicted octanol–water partition coefficient (Wildman–Crippen LogP) is 6.55. The second-order valence-electron chi connectivity index (χ2n) is 7.48. The lowest BCUT2D eigenvalue weighted by Crippen LogP contribution is -2.36. The fourth-order valence-electron chi connectivity index (χ4n) is 3.18. The van der Waals surface area contributed by atoms with Crippen LogP contribution in [0.3, 0.4) is 0 Å². The molecule has 9 nitrogen and oxygen atoms in total. The molecule has 3 amide bonds. The minimum atomic E-state index is -0.818. The van der Waals surface area contributed by atoms with Crippen LogP contribution >= 0.6 is 50.9 Å². The molecule has 0 aliphatic carbocycles. The number of amides is 3. The van der Waals surface area contributed by atoms with E-state index in [4.69, 9.17) is 32.7 Å². The largest absolute Gasteiger partial charge is 0.490 e. The standard InChI is InChI=1S/C24H16BrCl2FN4O5S/c1-2-36-18-7-12(3-6-17(18)37-21-16(28)10-29-23(27)31-21)8-19-22(34)32(24(35)38-19)11-20(33)30-13-4-5-14(25)15(26)9-13/h3-10H,2,11H2,1H3,(H,30,33)/b19-8+. The molecule has 1 aromatic heterocycles. The zero-order valence-corrected chi connectivity index (χ0v) is 23.3. The van der Waals surface area contributed by atoms with E-state index in [1.165, 1.54) is 18.2 Å². The van der Waals surface area contributed by atoms with Gasteiger partial charge in [-0.2, -0.15) is 9.37 Å². The Labute approximate surface area is 238 Å². The van der Waals surface area contributed by atoms with Crippen LogP contribution in [0.25, 0.3) is 6.08 Å². The lowest BCUT2D eigenvalue weighted by atomic mass is 10.2. The lowest BCUT2D eigenvalue weighted by Gasteiger charge is -2.13. The van der Waals surface area contributed by atoms with Crippen LogP contribution in [0.1, 0.15) is 12.5 Å². The number of anilines is 1. The summed E-state index contributed by atoms with van der Waals surface area (Å²) in [4.78, 5) is 46.0. The minimum Gasteiger partial charge on any atom is -0.490 e. The third-order valence-corrected chi connectivity index (χ3v) is 7.16. The highest BCUT2D eigenvalue weighted by Crippen LogP contribution is 2.36. The number of nitrogens with zero attached hydrogens (tertiary/aromatic N) is 3. The van der Waals surface area contributed by atoms with Crippen LogP contribution < -0.4 is 14.8 Å². The average molecular weight is 642 g/mol. The highest BCUT2D eigenvalue weighted by Gasteiger charge is 2.36. The van der Waals surface area contributed by atoms with Gasteiger partial charge in [0.15, 0.2) is 11.5 Å². The molecule has 0 radical (unpaired) electrons. The number of ether oxygens (including phenoxy) is 2. The highest BCUT2D eigenvalue weighted by atomic mass is 79.9. The molecular formula is C24H16BrCl2FN4O5S. The van der Waals surface area contributed by atoms with E-state index < -0.39 is 29.4 Å². The van der Waals surface area contributed by atoms with Crippen molar-refractivity contribution in [3.8, 4) is 17.4 Å². The van der Waals surface area contributed by atoms with Gasteiger partial charge >= 0.3 is 0 Å². The summed E-state index contributed by atoms with van der Waals surface area (Å²) in [5.41, 5.74) is 0.919. The fourth-order valence-corrected chi connectivity index (χ4v) is 4.57. The zero-order valence-electron chi connectivity index (χ0n) is 19.3. The molecule has 1 fully saturated rings. The smallest absolute Gasteiger partial charge is 0.294 e. The molecule has 1 aliphatic rings. The van der Waals surface area contributed by atoms with Crippen LogP contribution in [0.4, 0.5) is 14.9 Å². The maximum Gasteiger partial charge on any atom is 0.294 e. The van der Waals surface area contributed by atoms with Gasteiger partial charge in [0.25, 0.3) is 17.0 Å². The van der Waals surface area contributed by atoms with Gasteiger partial charge in [0.1, 0.15) is 6.54 Å². The van der Waals surface area contributed by atoms with Crippen molar-refractivity contribution in [2.75, 3.05) is 18.5 Å². The topological polar surface area (TPSA) is 111 Å². The molecule has 0 bridgehead atoms. The average Bonchev–Trinajstić information content (AvgIpc) is 3.12. The Morgan fingerprint density at radius 1 is 1.21 bits per heavy atom. The van der Waals surface area contributed by atoms with Crippen molar-refractivity contribution in [2.24, 2.45) is 0 Å². The van der Waals surface area contributed by atoms with Gasteiger partial charge in [-0.15, -0.1) is 0 Å². The number of nitrogens with one attached hydrogen (secondary N) is 1. The van der Waals surface area contributed by atoms with E-state index in [2.05, 4.69) is 31.2 Å². The first-order chi connectivity index (χ1) is 18.1. The summed E-state index contributed by atoms with van der Waals surface area (Å²) in [6.07, 6.45) is 2.36. The summed E-state index contributed by atoms with van der Waals surface area (Å²) in [6, 6.07) is 9.45. The van der Waals surface area contributed by atoms with Crippen molar-refractivity contribution >= 4 is 79.7 Å². The molecule has 1 N–H and O–H groups in total. The zero-order chi connectivity index (χ0) is 27.4. The number of thioether (sulfide) groups is 1. The Bertz CT molecular complexity index is 1480. The molecule has 1 saturated heterocycles. The molecule has 4 rings (SSSR count). The third-order valence-electron chi connectivity index (χ3n) is 4.83. The summed E-state index contributed by atoms with van der Waals surface area (Å²) in [6.45, 7) is 1.54. The quantitative estimate of drug-likeness (QED) is 0.218. The first-order valence-corrected chi connectivity index (χ1v) is 13.1. The number of benzene rings is 2. The molecule has 0 unspecified atom stereocenters. The molecule has 1 aliphatic heterocycles. The van der Waals surface area contributed by atoms with E-state index in [9.17, 15) is 18.8 Å². The van der Waals surface area contributed by atoms with Gasteiger partial charge in [-0.3, -0.25) is 19.3 Å². The van der Waals surface area contributed by atoms with Gasteiger partial charge in [-0.25, -0.2) is 4.98 Å². The summed E-state index contributed by atoms with van der Waals surface area (Å²) in [5.74, 6) is -2.01. The lowest BCUT2D eigenvalue weighted by molar-refractivity contribution is -0.127. The maximum absolute atomic E-state index is 14.0. The van der Waals surface area contributed by atoms with Crippen molar-refractivity contribution in [1.29, 1.82) is 0 Å². The van der Waals surface area contributed by atoms with Crippen LogP contribution in [0.5, 0.6) is 17.4 Å². The predicted molar refractivity (Wildman–Crippen MR) is 145 cm³/mol. The van der Waals surface area contributed by atoms with Crippen molar-refractivity contribution in [3.05, 3.63) is 73.7 Å². The van der Waals surface area contributed by atoms with Gasteiger partial charge in [0.05, 0.1) is 22.7 Å². The number of rotatable bonds is 8. The highest BCUT2D eigenvalue weighted by molar-refractivity contribution is 9.10. The number of carbonyl (C=O) groups is 3. The molecule has 0 atom stereocenters. The molecule has 14 heteroatoms. The van der Waals surface area contributed by atoms with Crippen LogP contribution in [0, 0.1) is 5.82 Å². The van der Waals surface area contributed by atoms with E-state index in [-0.39, 0.29) is 34.2 Å².